The predicted molar refractivity (Wildman–Crippen MR) is 73.4 cm³/mol. The summed E-state index contributed by atoms with van der Waals surface area (Å²) < 4.78 is 5.47. The SMILES string of the molecule is CCOc1ccccc1C(=O)N1CCC(N)C1.Cl. The number of carbonyl (C=O) groups excluding carboxylic acids is 1. The standard InChI is InChI=1S/C13H18N2O2.ClH/c1-2-17-12-6-4-3-5-11(12)13(16)15-8-7-10(14)9-15;/h3-6,10H,2,7-9,14H2,1H3;1H. The summed E-state index contributed by atoms with van der Waals surface area (Å²) in [7, 11) is 0. The Morgan fingerprint density at radius 2 is 2.22 bits per heavy atom. The van der Waals surface area contributed by atoms with E-state index in [4.69, 9.17) is 10.5 Å². The molecule has 1 unspecified atom stereocenters. The second-order valence-electron chi connectivity index (χ2n) is 4.23. The minimum atomic E-state index is 0. The van der Waals surface area contributed by atoms with Crippen LogP contribution in [0.3, 0.4) is 0 Å². The Morgan fingerprint density at radius 3 is 2.83 bits per heavy atom. The molecule has 0 spiro atoms. The van der Waals surface area contributed by atoms with Crippen LogP contribution in [0.4, 0.5) is 0 Å². The summed E-state index contributed by atoms with van der Waals surface area (Å²) in [5, 5.41) is 0. The Bertz CT molecular complexity index is 412. The van der Waals surface area contributed by atoms with Crippen molar-refractivity contribution in [2.45, 2.75) is 19.4 Å². The van der Waals surface area contributed by atoms with Crippen LogP contribution >= 0.6 is 12.4 Å². The van der Waals surface area contributed by atoms with Gasteiger partial charge in [-0.15, -0.1) is 12.4 Å². The van der Waals surface area contributed by atoms with Crippen molar-refractivity contribution in [2.75, 3.05) is 19.7 Å². The van der Waals surface area contributed by atoms with E-state index in [2.05, 4.69) is 0 Å². The van der Waals surface area contributed by atoms with Crippen LogP contribution < -0.4 is 10.5 Å². The van der Waals surface area contributed by atoms with Gasteiger partial charge in [0.1, 0.15) is 5.75 Å². The van der Waals surface area contributed by atoms with Gasteiger partial charge in [-0.1, -0.05) is 12.1 Å². The maximum Gasteiger partial charge on any atom is 0.257 e. The molecule has 1 amide bonds. The second-order valence-corrected chi connectivity index (χ2v) is 4.23. The number of carbonyl (C=O) groups is 1. The molecule has 5 heteroatoms. The Hall–Kier alpha value is -1.26. The van der Waals surface area contributed by atoms with Gasteiger partial charge < -0.3 is 15.4 Å². The van der Waals surface area contributed by atoms with Crippen molar-refractivity contribution in [1.29, 1.82) is 0 Å². The lowest BCUT2D eigenvalue weighted by molar-refractivity contribution is 0.0786. The monoisotopic (exact) mass is 270 g/mol. The Kier molecular flexibility index (Phi) is 5.44. The quantitative estimate of drug-likeness (QED) is 0.909. The number of benzene rings is 1. The molecule has 2 rings (SSSR count). The van der Waals surface area contributed by atoms with Gasteiger partial charge in [0.05, 0.1) is 12.2 Å². The zero-order chi connectivity index (χ0) is 12.3. The molecule has 1 atom stereocenters. The molecule has 0 bridgehead atoms. The first-order valence-corrected chi connectivity index (χ1v) is 5.99. The lowest BCUT2D eigenvalue weighted by Gasteiger charge is -2.17. The van der Waals surface area contributed by atoms with Crippen LogP contribution in [0.25, 0.3) is 0 Å². The molecule has 4 nitrogen and oxygen atoms in total. The first-order chi connectivity index (χ1) is 8.22. The molecule has 0 radical (unpaired) electrons. The van der Waals surface area contributed by atoms with Crippen molar-refractivity contribution < 1.29 is 9.53 Å². The zero-order valence-corrected chi connectivity index (χ0v) is 11.3. The summed E-state index contributed by atoms with van der Waals surface area (Å²) in [4.78, 5) is 14.1. The number of hydrogen-bond donors (Lipinski definition) is 1. The molecule has 1 saturated heterocycles. The predicted octanol–water partition coefficient (Wildman–Crippen LogP) is 1.68. The second kappa shape index (κ2) is 6.61. The maximum absolute atomic E-state index is 12.3. The lowest BCUT2D eigenvalue weighted by Crippen LogP contribution is -2.32. The van der Waals surface area contributed by atoms with Gasteiger partial charge in [0.15, 0.2) is 0 Å². The smallest absolute Gasteiger partial charge is 0.257 e. The van der Waals surface area contributed by atoms with Gasteiger partial charge in [0.2, 0.25) is 0 Å². The third-order valence-corrected chi connectivity index (χ3v) is 2.93. The molecule has 1 heterocycles. The van der Waals surface area contributed by atoms with E-state index in [-0.39, 0.29) is 24.4 Å². The summed E-state index contributed by atoms with van der Waals surface area (Å²) in [5.74, 6) is 0.669. The minimum Gasteiger partial charge on any atom is -0.493 e. The molecule has 1 aromatic carbocycles. The molecular formula is C13H19ClN2O2. The van der Waals surface area contributed by atoms with E-state index in [0.29, 0.717) is 24.5 Å². The highest BCUT2D eigenvalue weighted by molar-refractivity contribution is 5.97. The molecular weight excluding hydrogens is 252 g/mol. The zero-order valence-electron chi connectivity index (χ0n) is 10.5. The molecule has 1 aliphatic rings. The lowest BCUT2D eigenvalue weighted by atomic mass is 10.2. The third-order valence-electron chi connectivity index (χ3n) is 2.93. The van der Waals surface area contributed by atoms with E-state index >= 15 is 0 Å². The molecule has 0 aliphatic carbocycles. The van der Waals surface area contributed by atoms with Crippen LogP contribution in [0.1, 0.15) is 23.7 Å². The normalized spacial score (nSPS) is 18.3. The molecule has 1 fully saturated rings. The van der Waals surface area contributed by atoms with Crippen LogP contribution in [0.5, 0.6) is 5.75 Å². The third kappa shape index (κ3) is 3.15. The molecule has 0 aromatic heterocycles. The van der Waals surface area contributed by atoms with E-state index < -0.39 is 0 Å². The van der Waals surface area contributed by atoms with Crippen molar-refractivity contribution in [3.63, 3.8) is 0 Å². The van der Waals surface area contributed by atoms with E-state index in [1.807, 2.05) is 25.1 Å². The number of likely N-dealkylation sites (tertiary alicyclic amines) is 1. The number of hydrogen-bond acceptors (Lipinski definition) is 3. The topological polar surface area (TPSA) is 55.6 Å². The summed E-state index contributed by atoms with van der Waals surface area (Å²) in [5.41, 5.74) is 6.44. The van der Waals surface area contributed by atoms with Crippen LogP contribution in [0, 0.1) is 0 Å². The number of para-hydroxylation sites is 1. The Balaban J connectivity index is 0.00000162. The van der Waals surface area contributed by atoms with Crippen molar-refractivity contribution in [2.24, 2.45) is 5.73 Å². The number of ether oxygens (including phenoxy) is 1. The van der Waals surface area contributed by atoms with Crippen LogP contribution in [0.2, 0.25) is 0 Å². The average Bonchev–Trinajstić information content (AvgIpc) is 2.76. The highest BCUT2D eigenvalue weighted by Gasteiger charge is 2.26. The maximum atomic E-state index is 12.3. The fourth-order valence-electron chi connectivity index (χ4n) is 2.07. The molecule has 18 heavy (non-hydrogen) atoms. The molecule has 2 N–H and O–H groups in total. The van der Waals surface area contributed by atoms with E-state index in [0.717, 1.165) is 13.0 Å². The number of halogens is 1. The number of rotatable bonds is 3. The molecule has 1 aromatic rings. The number of nitrogens with zero attached hydrogens (tertiary/aromatic N) is 1. The molecule has 1 aliphatic heterocycles. The van der Waals surface area contributed by atoms with Crippen molar-refractivity contribution in [3.8, 4) is 5.75 Å². The summed E-state index contributed by atoms with van der Waals surface area (Å²) in [6.45, 7) is 3.84. The Morgan fingerprint density at radius 1 is 1.50 bits per heavy atom. The van der Waals surface area contributed by atoms with Crippen LogP contribution in [-0.2, 0) is 0 Å². The fraction of sp³-hybridized carbons (Fsp3) is 0.462. The highest BCUT2D eigenvalue weighted by Crippen LogP contribution is 2.21. The summed E-state index contributed by atoms with van der Waals surface area (Å²) in [6.07, 6.45) is 0.878. The average molecular weight is 271 g/mol. The van der Waals surface area contributed by atoms with E-state index in [9.17, 15) is 4.79 Å². The van der Waals surface area contributed by atoms with Crippen LogP contribution in [-0.4, -0.2) is 36.5 Å². The van der Waals surface area contributed by atoms with Crippen molar-refractivity contribution >= 4 is 18.3 Å². The van der Waals surface area contributed by atoms with Crippen molar-refractivity contribution in [1.82, 2.24) is 4.90 Å². The van der Waals surface area contributed by atoms with Crippen molar-refractivity contribution in [3.05, 3.63) is 29.8 Å². The fourth-order valence-corrected chi connectivity index (χ4v) is 2.07. The van der Waals surface area contributed by atoms with Gasteiger partial charge in [0, 0.05) is 19.1 Å². The first-order valence-electron chi connectivity index (χ1n) is 5.99. The van der Waals surface area contributed by atoms with Crippen LogP contribution in [0.15, 0.2) is 24.3 Å². The highest BCUT2D eigenvalue weighted by atomic mass is 35.5. The van der Waals surface area contributed by atoms with Gasteiger partial charge in [-0.2, -0.15) is 0 Å². The van der Waals surface area contributed by atoms with E-state index in [1.165, 1.54) is 0 Å². The van der Waals surface area contributed by atoms with E-state index in [1.54, 1.807) is 11.0 Å². The number of nitrogens with two attached hydrogens (primary N) is 1. The molecule has 100 valence electrons. The minimum absolute atomic E-state index is 0. The molecule has 0 saturated carbocycles. The van der Waals surface area contributed by atoms with Gasteiger partial charge in [-0.3, -0.25) is 4.79 Å². The summed E-state index contributed by atoms with van der Waals surface area (Å²) in [6, 6.07) is 7.46. The van der Waals surface area contributed by atoms with Gasteiger partial charge in [-0.05, 0) is 25.5 Å². The summed E-state index contributed by atoms with van der Waals surface area (Å²) >= 11 is 0. The largest absolute Gasteiger partial charge is 0.493 e. The van der Waals surface area contributed by atoms with Gasteiger partial charge >= 0.3 is 0 Å². The van der Waals surface area contributed by atoms with Gasteiger partial charge in [-0.25, -0.2) is 0 Å². The first kappa shape index (κ1) is 14.8. The van der Waals surface area contributed by atoms with Gasteiger partial charge in [0.25, 0.3) is 5.91 Å². The Labute approximate surface area is 114 Å². The number of amides is 1.